The van der Waals surface area contributed by atoms with E-state index in [1.165, 1.54) is 24.8 Å². The Labute approximate surface area is 109 Å². The molecule has 0 nitrogen and oxygen atoms in total. The predicted octanol–water partition coefficient (Wildman–Crippen LogP) is 5.11. The van der Waals surface area contributed by atoms with Gasteiger partial charge in [-0.2, -0.15) is 12.6 Å². The van der Waals surface area contributed by atoms with Crippen molar-refractivity contribution in [3.63, 3.8) is 0 Å². The van der Waals surface area contributed by atoms with Crippen molar-refractivity contribution in [2.75, 3.05) is 0 Å². The summed E-state index contributed by atoms with van der Waals surface area (Å²) in [7, 11) is 0. The molecule has 0 saturated heterocycles. The zero-order valence-electron chi connectivity index (χ0n) is 10.5. The Kier molecular flexibility index (Phi) is 3.70. The van der Waals surface area contributed by atoms with E-state index in [-0.39, 0.29) is 0 Å². The smallest absolute Gasteiger partial charge is 0.0165 e. The van der Waals surface area contributed by atoms with Crippen LogP contribution in [0.2, 0.25) is 0 Å². The second-order valence-electron chi connectivity index (χ2n) is 6.08. The normalized spacial score (nSPS) is 29.2. The third kappa shape index (κ3) is 2.65. The fraction of sp³-hybridized carbons (Fsp3) is 0.714. The van der Waals surface area contributed by atoms with E-state index in [1.54, 1.807) is 4.88 Å². The molecule has 1 saturated carbocycles. The molecule has 1 aromatic heterocycles. The molecule has 1 aliphatic carbocycles. The average molecular weight is 254 g/mol. The maximum absolute atomic E-state index is 4.44. The first-order valence-corrected chi connectivity index (χ1v) is 7.70. The van der Waals surface area contributed by atoms with Crippen LogP contribution in [0.4, 0.5) is 0 Å². The number of hydrogen-bond donors (Lipinski definition) is 1. The van der Waals surface area contributed by atoms with Gasteiger partial charge in [0.25, 0.3) is 0 Å². The Bertz CT molecular complexity index is 351. The first-order chi connectivity index (χ1) is 7.52. The summed E-state index contributed by atoms with van der Waals surface area (Å²) >= 11 is 6.37. The van der Waals surface area contributed by atoms with Gasteiger partial charge in [0.1, 0.15) is 0 Å². The largest absolute Gasteiger partial charge is 0.175 e. The third-order valence-electron chi connectivity index (χ3n) is 3.71. The monoisotopic (exact) mass is 254 g/mol. The van der Waals surface area contributed by atoms with Gasteiger partial charge in [0.15, 0.2) is 0 Å². The lowest BCUT2D eigenvalue weighted by molar-refractivity contribution is 0.169. The predicted molar refractivity (Wildman–Crippen MR) is 76.5 cm³/mol. The van der Waals surface area contributed by atoms with Gasteiger partial charge in [0.2, 0.25) is 0 Å². The molecule has 1 fully saturated rings. The van der Waals surface area contributed by atoms with Crippen molar-refractivity contribution in [2.24, 2.45) is 11.3 Å². The lowest BCUT2D eigenvalue weighted by Gasteiger charge is -2.39. The van der Waals surface area contributed by atoms with E-state index >= 15 is 0 Å². The minimum Gasteiger partial charge on any atom is -0.175 e. The second-order valence-corrected chi connectivity index (χ2v) is 7.34. The summed E-state index contributed by atoms with van der Waals surface area (Å²) in [5, 5.41) is 2.23. The standard InChI is InChI=1S/C14H22S2/c1-10-6-12(8-14(2,3)7-10)13-11(9-15)4-5-16-13/h4-5,10,12,15H,6-9H2,1-3H3. The van der Waals surface area contributed by atoms with Gasteiger partial charge >= 0.3 is 0 Å². The van der Waals surface area contributed by atoms with Gasteiger partial charge in [-0.05, 0) is 53.5 Å². The van der Waals surface area contributed by atoms with Crippen LogP contribution in [0.25, 0.3) is 0 Å². The Hall–Kier alpha value is 0.0500. The van der Waals surface area contributed by atoms with Crippen molar-refractivity contribution in [1.29, 1.82) is 0 Å². The molecule has 2 rings (SSSR count). The molecule has 2 unspecified atom stereocenters. The lowest BCUT2D eigenvalue weighted by Crippen LogP contribution is -2.26. The summed E-state index contributed by atoms with van der Waals surface area (Å²) in [6.45, 7) is 7.25. The summed E-state index contributed by atoms with van der Waals surface area (Å²) in [6.07, 6.45) is 4.09. The quantitative estimate of drug-likeness (QED) is 0.697. The number of hydrogen-bond acceptors (Lipinski definition) is 2. The average Bonchev–Trinajstić information content (AvgIpc) is 2.61. The van der Waals surface area contributed by atoms with Gasteiger partial charge in [-0.25, -0.2) is 0 Å². The Balaban J connectivity index is 2.21. The molecule has 90 valence electrons. The van der Waals surface area contributed by atoms with Crippen LogP contribution in [0.3, 0.4) is 0 Å². The van der Waals surface area contributed by atoms with Crippen molar-refractivity contribution < 1.29 is 0 Å². The van der Waals surface area contributed by atoms with Gasteiger partial charge in [-0.15, -0.1) is 11.3 Å². The van der Waals surface area contributed by atoms with Crippen LogP contribution >= 0.6 is 24.0 Å². The minimum atomic E-state index is 0.514. The summed E-state index contributed by atoms with van der Waals surface area (Å²) in [5.41, 5.74) is 1.98. The molecule has 1 aliphatic rings. The highest BCUT2D eigenvalue weighted by Crippen LogP contribution is 2.47. The highest BCUT2D eigenvalue weighted by Gasteiger charge is 2.33. The van der Waals surface area contributed by atoms with E-state index in [9.17, 15) is 0 Å². The van der Waals surface area contributed by atoms with Gasteiger partial charge in [-0.3, -0.25) is 0 Å². The Morgan fingerprint density at radius 1 is 1.44 bits per heavy atom. The van der Waals surface area contributed by atoms with E-state index in [0.29, 0.717) is 5.41 Å². The molecule has 2 atom stereocenters. The summed E-state index contributed by atoms with van der Waals surface area (Å²) in [4.78, 5) is 1.61. The van der Waals surface area contributed by atoms with E-state index in [2.05, 4.69) is 44.8 Å². The molecule has 0 aliphatic heterocycles. The molecular formula is C14H22S2. The molecule has 2 heteroatoms. The Morgan fingerprint density at radius 3 is 2.81 bits per heavy atom. The van der Waals surface area contributed by atoms with Gasteiger partial charge in [-0.1, -0.05) is 20.8 Å². The van der Waals surface area contributed by atoms with Crippen LogP contribution in [-0.2, 0) is 5.75 Å². The minimum absolute atomic E-state index is 0.514. The summed E-state index contributed by atoms with van der Waals surface area (Å²) in [6, 6.07) is 2.25. The third-order valence-corrected chi connectivity index (χ3v) is 5.17. The van der Waals surface area contributed by atoms with Crippen LogP contribution in [-0.4, -0.2) is 0 Å². The van der Waals surface area contributed by atoms with Crippen LogP contribution in [0, 0.1) is 11.3 Å². The fourth-order valence-electron chi connectivity index (χ4n) is 3.38. The van der Waals surface area contributed by atoms with Crippen molar-refractivity contribution in [3.8, 4) is 0 Å². The fourth-order valence-corrected chi connectivity index (χ4v) is 4.81. The van der Waals surface area contributed by atoms with Crippen molar-refractivity contribution in [1.82, 2.24) is 0 Å². The molecule has 0 amide bonds. The van der Waals surface area contributed by atoms with Gasteiger partial charge < -0.3 is 0 Å². The molecule has 1 heterocycles. The Morgan fingerprint density at radius 2 is 2.19 bits per heavy atom. The van der Waals surface area contributed by atoms with Crippen LogP contribution in [0.5, 0.6) is 0 Å². The van der Waals surface area contributed by atoms with Crippen LogP contribution < -0.4 is 0 Å². The molecule has 1 aromatic rings. The topological polar surface area (TPSA) is 0 Å². The van der Waals surface area contributed by atoms with E-state index in [4.69, 9.17) is 0 Å². The number of thiol groups is 1. The lowest BCUT2D eigenvalue weighted by atomic mass is 9.67. The zero-order chi connectivity index (χ0) is 11.8. The maximum atomic E-state index is 4.44. The maximum Gasteiger partial charge on any atom is 0.0165 e. The molecular weight excluding hydrogens is 232 g/mol. The molecule has 16 heavy (non-hydrogen) atoms. The SMILES string of the molecule is CC1CC(c2sccc2CS)CC(C)(C)C1. The number of rotatable bonds is 2. The van der Waals surface area contributed by atoms with Crippen LogP contribution in [0.15, 0.2) is 11.4 Å². The first-order valence-electron chi connectivity index (χ1n) is 6.19. The molecule has 0 aromatic carbocycles. The molecule has 0 N–H and O–H groups in total. The highest BCUT2D eigenvalue weighted by molar-refractivity contribution is 7.79. The van der Waals surface area contributed by atoms with Crippen molar-refractivity contribution >= 4 is 24.0 Å². The van der Waals surface area contributed by atoms with Gasteiger partial charge in [0, 0.05) is 10.6 Å². The van der Waals surface area contributed by atoms with E-state index in [1.807, 2.05) is 11.3 Å². The van der Waals surface area contributed by atoms with Gasteiger partial charge in [0.05, 0.1) is 0 Å². The first kappa shape index (κ1) is 12.5. The van der Waals surface area contributed by atoms with Crippen LogP contribution in [0.1, 0.15) is 56.4 Å². The summed E-state index contributed by atoms with van der Waals surface area (Å²) < 4.78 is 0. The molecule has 0 radical (unpaired) electrons. The summed E-state index contributed by atoms with van der Waals surface area (Å²) in [5.74, 6) is 2.54. The molecule has 0 bridgehead atoms. The highest BCUT2D eigenvalue weighted by atomic mass is 32.1. The second kappa shape index (κ2) is 4.73. The van der Waals surface area contributed by atoms with E-state index < -0.39 is 0 Å². The zero-order valence-corrected chi connectivity index (χ0v) is 12.2. The molecule has 0 spiro atoms. The van der Waals surface area contributed by atoms with E-state index in [0.717, 1.165) is 17.6 Å². The van der Waals surface area contributed by atoms with Crippen molar-refractivity contribution in [3.05, 3.63) is 21.9 Å². The van der Waals surface area contributed by atoms with Crippen molar-refractivity contribution in [2.45, 2.75) is 51.7 Å². The number of thiophene rings is 1.